The fourth-order valence-corrected chi connectivity index (χ4v) is 1.13. The molecule has 5 heteroatoms. The van der Waals surface area contributed by atoms with Crippen LogP contribution < -0.4 is 0 Å². The van der Waals surface area contributed by atoms with Gasteiger partial charge in [0.2, 0.25) is 0 Å². The summed E-state index contributed by atoms with van der Waals surface area (Å²) in [6.07, 6.45) is -0.216. The first kappa shape index (κ1) is 11.4. The van der Waals surface area contributed by atoms with Gasteiger partial charge in [0.1, 0.15) is 6.10 Å². The van der Waals surface area contributed by atoms with E-state index < -0.39 is 12.1 Å². The zero-order valence-corrected chi connectivity index (χ0v) is 8.27. The molecule has 0 aromatic rings. The molecule has 1 rings (SSSR count). The predicted molar refractivity (Wildman–Crippen MR) is 48.2 cm³/mol. The summed E-state index contributed by atoms with van der Waals surface area (Å²) in [4.78, 5) is 10.6. The van der Waals surface area contributed by atoms with Crippen molar-refractivity contribution in [3.8, 4) is 0 Å². The van der Waals surface area contributed by atoms with Crippen molar-refractivity contribution in [1.82, 2.24) is 0 Å². The fraction of sp³-hybridized carbons (Fsp3) is 0.889. The van der Waals surface area contributed by atoms with Crippen LogP contribution in [0.1, 0.15) is 13.3 Å². The van der Waals surface area contributed by atoms with Gasteiger partial charge in [0.25, 0.3) is 0 Å². The molecule has 1 atom stereocenters. The van der Waals surface area contributed by atoms with E-state index in [-0.39, 0.29) is 6.10 Å². The molecule has 1 aliphatic heterocycles. The van der Waals surface area contributed by atoms with E-state index in [0.29, 0.717) is 32.8 Å². The number of rotatable bonds is 7. The van der Waals surface area contributed by atoms with E-state index in [4.69, 9.17) is 19.3 Å². The molecule has 14 heavy (non-hydrogen) atoms. The van der Waals surface area contributed by atoms with Crippen LogP contribution in [0.2, 0.25) is 0 Å². The summed E-state index contributed by atoms with van der Waals surface area (Å²) in [5, 5.41) is 8.74. The van der Waals surface area contributed by atoms with Crippen LogP contribution in [-0.2, 0) is 19.0 Å². The number of hydrogen-bond donors (Lipinski definition) is 1. The van der Waals surface area contributed by atoms with E-state index in [0.717, 1.165) is 0 Å². The lowest BCUT2D eigenvalue weighted by atomic mass is 10.2. The summed E-state index contributed by atoms with van der Waals surface area (Å²) in [5.74, 6) is -0.930. The molecule has 0 amide bonds. The second-order valence-corrected chi connectivity index (χ2v) is 3.10. The van der Waals surface area contributed by atoms with Crippen molar-refractivity contribution in [3.63, 3.8) is 0 Å². The first-order chi connectivity index (χ1) is 6.74. The first-order valence-corrected chi connectivity index (χ1v) is 4.77. The van der Waals surface area contributed by atoms with E-state index in [1.807, 2.05) is 0 Å². The molecule has 82 valence electrons. The van der Waals surface area contributed by atoms with Crippen LogP contribution in [-0.4, -0.2) is 49.7 Å². The smallest absolute Gasteiger partial charge is 0.332 e. The maximum Gasteiger partial charge on any atom is 0.332 e. The third kappa shape index (κ3) is 3.61. The number of hydrogen-bond acceptors (Lipinski definition) is 4. The van der Waals surface area contributed by atoms with Crippen LogP contribution >= 0.6 is 0 Å². The molecule has 1 fully saturated rings. The Bertz CT molecular complexity index is 178. The van der Waals surface area contributed by atoms with Crippen LogP contribution in [0.5, 0.6) is 0 Å². The van der Waals surface area contributed by atoms with E-state index in [9.17, 15) is 4.79 Å². The highest BCUT2D eigenvalue weighted by Gasteiger charge is 2.21. The molecule has 0 aliphatic carbocycles. The zero-order valence-electron chi connectivity index (χ0n) is 8.27. The molecule has 1 heterocycles. The van der Waals surface area contributed by atoms with Crippen molar-refractivity contribution < 1.29 is 24.1 Å². The Morgan fingerprint density at radius 1 is 1.64 bits per heavy atom. The molecule has 0 spiro atoms. The number of carbonyl (C=O) groups is 1. The summed E-state index contributed by atoms with van der Waals surface area (Å²) >= 11 is 0. The second-order valence-electron chi connectivity index (χ2n) is 3.10. The Balaban J connectivity index is 2.08. The van der Waals surface area contributed by atoms with Crippen LogP contribution in [0.4, 0.5) is 0 Å². The number of ether oxygens (including phenoxy) is 3. The quantitative estimate of drug-likeness (QED) is 0.645. The standard InChI is InChI=1S/C9H16O5/c1-2-13-8(9(10)11)3-4-14-7-5-12-6-7/h7-8H,2-6H2,1H3,(H,10,11). The minimum absolute atomic E-state index is 0.145. The molecule has 0 aromatic carbocycles. The molecule has 1 saturated heterocycles. The van der Waals surface area contributed by atoms with E-state index in [1.165, 1.54) is 0 Å². The van der Waals surface area contributed by atoms with Crippen LogP contribution in [0.3, 0.4) is 0 Å². The fourth-order valence-electron chi connectivity index (χ4n) is 1.13. The molecular formula is C9H16O5. The van der Waals surface area contributed by atoms with Crippen LogP contribution in [0, 0.1) is 0 Å². The number of carboxylic acid groups (broad SMARTS) is 1. The molecule has 1 aliphatic rings. The van der Waals surface area contributed by atoms with Crippen molar-refractivity contribution in [3.05, 3.63) is 0 Å². The van der Waals surface area contributed by atoms with Crippen molar-refractivity contribution in [2.45, 2.75) is 25.6 Å². The largest absolute Gasteiger partial charge is 0.479 e. The Morgan fingerprint density at radius 3 is 2.79 bits per heavy atom. The van der Waals surface area contributed by atoms with Gasteiger partial charge in [-0.2, -0.15) is 0 Å². The Kier molecular flexibility index (Phi) is 4.86. The van der Waals surface area contributed by atoms with Crippen LogP contribution in [0.15, 0.2) is 0 Å². The summed E-state index contributed by atoms with van der Waals surface area (Å²) < 4.78 is 15.3. The van der Waals surface area contributed by atoms with E-state index in [2.05, 4.69) is 0 Å². The van der Waals surface area contributed by atoms with Gasteiger partial charge >= 0.3 is 5.97 Å². The Hall–Kier alpha value is -0.650. The van der Waals surface area contributed by atoms with Gasteiger partial charge in [0.15, 0.2) is 6.10 Å². The normalized spacial score (nSPS) is 18.9. The van der Waals surface area contributed by atoms with Crippen molar-refractivity contribution in [2.75, 3.05) is 26.4 Å². The highest BCUT2D eigenvalue weighted by atomic mass is 16.6. The van der Waals surface area contributed by atoms with E-state index in [1.54, 1.807) is 6.92 Å². The Labute approximate surface area is 82.9 Å². The molecule has 0 bridgehead atoms. The summed E-state index contributed by atoms with van der Waals surface area (Å²) in [7, 11) is 0. The maximum absolute atomic E-state index is 10.6. The molecule has 1 N–H and O–H groups in total. The topological polar surface area (TPSA) is 65.0 Å². The lowest BCUT2D eigenvalue weighted by Gasteiger charge is -2.26. The molecule has 0 aromatic heterocycles. The van der Waals surface area contributed by atoms with Gasteiger partial charge < -0.3 is 19.3 Å². The highest BCUT2D eigenvalue weighted by Crippen LogP contribution is 2.07. The zero-order chi connectivity index (χ0) is 10.4. The monoisotopic (exact) mass is 204 g/mol. The van der Waals surface area contributed by atoms with Crippen molar-refractivity contribution >= 4 is 5.97 Å². The van der Waals surface area contributed by atoms with Gasteiger partial charge in [-0.3, -0.25) is 0 Å². The minimum Gasteiger partial charge on any atom is -0.479 e. The van der Waals surface area contributed by atoms with Crippen molar-refractivity contribution in [1.29, 1.82) is 0 Å². The highest BCUT2D eigenvalue weighted by molar-refractivity contribution is 5.72. The van der Waals surface area contributed by atoms with Gasteiger partial charge in [0, 0.05) is 13.0 Å². The molecule has 1 unspecified atom stereocenters. The summed E-state index contributed by atoms with van der Waals surface area (Å²) in [5.41, 5.74) is 0. The SMILES string of the molecule is CCOC(CCOC1COC1)C(=O)O. The van der Waals surface area contributed by atoms with Gasteiger partial charge in [-0.25, -0.2) is 4.79 Å². The maximum atomic E-state index is 10.6. The average molecular weight is 204 g/mol. The molecule has 0 saturated carbocycles. The molecule has 5 nitrogen and oxygen atoms in total. The third-order valence-corrected chi connectivity index (χ3v) is 1.98. The Morgan fingerprint density at radius 2 is 2.36 bits per heavy atom. The lowest BCUT2D eigenvalue weighted by molar-refractivity contribution is -0.156. The summed E-state index contributed by atoms with van der Waals surface area (Å²) in [6.45, 7) is 3.82. The number of aliphatic carboxylic acids is 1. The second kappa shape index (κ2) is 5.95. The molecular weight excluding hydrogens is 188 g/mol. The average Bonchev–Trinajstić information content (AvgIpc) is 2.06. The lowest BCUT2D eigenvalue weighted by Crippen LogP contribution is -2.37. The van der Waals surface area contributed by atoms with Crippen LogP contribution in [0.25, 0.3) is 0 Å². The van der Waals surface area contributed by atoms with E-state index >= 15 is 0 Å². The van der Waals surface area contributed by atoms with Crippen molar-refractivity contribution in [2.24, 2.45) is 0 Å². The summed E-state index contributed by atoms with van der Waals surface area (Å²) in [6, 6.07) is 0. The predicted octanol–water partition coefficient (Wildman–Crippen LogP) is 0.282. The number of carboxylic acids is 1. The minimum atomic E-state index is -0.930. The van der Waals surface area contributed by atoms with Gasteiger partial charge in [-0.05, 0) is 6.92 Å². The van der Waals surface area contributed by atoms with Gasteiger partial charge in [0.05, 0.1) is 19.8 Å². The molecule has 0 radical (unpaired) electrons. The first-order valence-electron chi connectivity index (χ1n) is 4.77. The van der Waals surface area contributed by atoms with Gasteiger partial charge in [-0.15, -0.1) is 0 Å². The third-order valence-electron chi connectivity index (χ3n) is 1.98. The van der Waals surface area contributed by atoms with Gasteiger partial charge in [-0.1, -0.05) is 0 Å².